The molecule has 0 bridgehead atoms. The van der Waals surface area contributed by atoms with Gasteiger partial charge in [0.1, 0.15) is 12.0 Å². The SMILES string of the molecule is CC(C)Oc1ccc(C=O)cc1NC(=O)c1cccs1. The lowest BCUT2D eigenvalue weighted by molar-refractivity contribution is 0.102. The normalized spacial score (nSPS) is 10.3. The van der Waals surface area contributed by atoms with Crippen molar-refractivity contribution in [3.05, 3.63) is 46.2 Å². The molecule has 0 spiro atoms. The Morgan fingerprint density at radius 3 is 2.75 bits per heavy atom. The third-order valence-electron chi connectivity index (χ3n) is 2.50. The molecule has 0 saturated carbocycles. The van der Waals surface area contributed by atoms with Crippen LogP contribution in [0.25, 0.3) is 0 Å². The Balaban J connectivity index is 2.27. The predicted molar refractivity (Wildman–Crippen MR) is 79.9 cm³/mol. The fourth-order valence-corrected chi connectivity index (χ4v) is 2.29. The topological polar surface area (TPSA) is 55.4 Å². The largest absolute Gasteiger partial charge is 0.489 e. The molecule has 1 N–H and O–H groups in total. The predicted octanol–water partition coefficient (Wildman–Crippen LogP) is 3.60. The first-order chi connectivity index (χ1) is 9.60. The summed E-state index contributed by atoms with van der Waals surface area (Å²) in [5.74, 6) is 0.340. The number of carbonyl (C=O) groups is 2. The van der Waals surface area contributed by atoms with E-state index in [1.54, 1.807) is 24.3 Å². The van der Waals surface area contributed by atoms with Crippen molar-refractivity contribution in [3.63, 3.8) is 0 Å². The molecule has 0 aliphatic rings. The zero-order valence-corrected chi connectivity index (χ0v) is 12.1. The van der Waals surface area contributed by atoms with Crippen LogP contribution >= 0.6 is 11.3 Å². The number of hydrogen-bond acceptors (Lipinski definition) is 4. The van der Waals surface area contributed by atoms with E-state index in [0.717, 1.165) is 6.29 Å². The molecule has 20 heavy (non-hydrogen) atoms. The zero-order chi connectivity index (χ0) is 14.5. The Hall–Kier alpha value is -2.14. The van der Waals surface area contributed by atoms with Crippen molar-refractivity contribution in [2.75, 3.05) is 5.32 Å². The monoisotopic (exact) mass is 289 g/mol. The van der Waals surface area contributed by atoms with Crippen molar-refractivity contribution in [2.45, 2.75) is 20.0 Å². The molecule has 1 aromatic heterocycles. The van der Waals surface area contributed by atoms with Crippen LogP contribution in [-0.4, -0.2) is 18.3 Å². The smallest absolute Gasteiger partial charge is 0.265 e. The fraction of sp³-hybridized carbons (Fsp3) is 0.200. The Morgan fingerprint density at radius 2 is 2.15 bits per heavy atom. The van der Waals surface area contributed by atoms with Crippen LogP contribution in [0, 0.1) is 0 Å². The van der Waals surface area contributed by atoms with Crippen molar-refractivity contribution >= 4 is 29.2 Å². The van der Waals surface area contributed by atoms with Crippen molar-refractivity contribution in [2.24, 2.45) is 0 Å². The Labute approximate surface area is 121 Å². The van der Waals surface area contributed by atoms with Crippen LogP contribution in [0.2, 0.25) is 0 Å². The van der Waals surface area contributed by atoms with Gasteiger partial charge >= 0.3 is 0 Å². The molecule has 2 aromatic rings. The summed E-state index contributed by atoms with van der Waals surface area (Å²) in [6.07, 6.45) is 0.717. The van der Waals surface area contributed by atoms with Crippen LogP contribution in [0.15, 0.2) is 35.7 Å². The van der Waals surface area contributed by atoms with Crippen molar-refractivity contribution in [1.29, 1.82) is 0 Å². The minimum atomic E-state index is -0.211. The molecule has 0 aliphatic heterocycles. The van der Waals surface area contributed by atoms with Crippen LogP contribution in [0.5, 0.6) is 5.75 Å². The zero-order valence-electron chi connectivity index (χ0n) is 11.3. The van der Waals surface area contributed by atoms with E-state index in [4.69, 9.17) is 4.74 Å². The summed E-state index contributed by atoms with van der Waals surface area (Å²) in [7, 11) is 0. The minimum absolute atomic E-state index is 0.0190. The molecular formula is C15H15NO3S. The quantitative estimate of drug-likeness (QED) is 0.856. The number of rotatable bonds is 5. The number of carbonyl (C=O) groups excluding carboxylic acids is 2. The molecule has 0 saturated heterocycles. The van der Waals surface area contributed by atoms with Crippen LogP contribution in [0.3, 0.4) is 0 Å². The van der Waals surface area contributed by atoms with E-state index in [2.05, 4.69) is 5.32 Å². The Morgan fingerprint density at radius 1 is 1.35 bits per heavy atom. The van der Waals surface area contributed by atoms with Crippen molar-refractivity contribution in [1.82, 2.24) is 0 Å². The summed E-state index contributed by atoms with van der Waals surface area (Å²) in [5, 5.41) is 4.62. The maximum atomic E-state index is 12.1. The van der Waals surface area contributed by atoms with E-state index in [-0.39, 0.29) is 12.0 Å². The highest BCUT2D eigenvalue weighted by molar-refractivity contribution is 7.12. The average Bonchev–Trinajstić information content (AvgIpc) is 2.94. The van der Waals surface area contributed by atoms with Gasteiger partial charge in [-0.1, -0.05) is 6.07 Å². The third kappa shape index (κ3) is 3.45. The number of nitrogens with one attached hydrogen (secondary N) is 1. The number of aldehydes is 1. The Bertz CT molecular complexity index is 606. The number of benzene rings is 1. The summed E-state index contributed by atoms with van der Waals surface area (Å²) >= 11 is 1.36. The van der Waals surface area contributed by atoms with E-state index in [1.165, 1.54) is 11.3 Å². The molecule has 1 amide bonds. The van der Waals surface area contributed by atoms with Crippen LogP contribution < -0.4 is 10.1 Å². The second-order valence-electron chi connectivity index (χ2n) is 4.47. The second kappa shape index (κ2) is 6.34. The number of amides is 1. The van der Waals surface area contributed by atoms with E-state index in [1.807, 2.05) is 25.3 Å². The molecule has 4 nitrogen and oxygen atoms in total. The maximum Gasteiger partial charge on any atom is 0.265 e. The van der Waals surface area contributed by atoms with E-state index < -0.39 is 0 Å². The lowest BCUT2D eigenvalue weighted by Crippen LogP contribution is -2.13. The molecule has 0 fully saturated rings. The van der Waals surface area contributed by atoms with Crippen LogP contribution in [0.4, 0.5) is 5.69 Å². The first-order valence-electron chi connectivity index (χ1n) is 6.21. The van der Waals surface area contributed by atoms with Gasteiger partial charge in [-0.05, 0) is 43.5 Å². The summed E-state index contributed by atoms with van der Waals surface area (Å²) in [6.45, 7) is 3.80. The van der Waals surface area contributed by atoms with Gasteiger partial charge in [-0.3, -0.25) is 9.59 Å². The second-order valence-corrected chi connectivity index (χ2v) is 5.42. The number of ether oxygens (including phenoxy) is 1. The van der Waals surface area contributed by atoms with Gasteiger partial charge in [0.25, 0.3) is 5.91 Å². The maximum absolute atomic E-state index is 12.1. The molecule has 1 aromatic carbocycles. The molecule has 2 rings (SSSR count). The molecule has 0 unspecified atom stereocenters. The molecular weight excluding hydrogens is 274 g/mol. The Kier molecular flexibility index (Phi) is 4.53. The molecule has 0 aliphatic carbocycles. The molecule has 0 atom stereocenters. The lowest BCUT2D eigenvalue weighted by atomic mass is 10.2. The van der Waals surface area contributed by atoms with Gasteiger partial charge in [-0.15, -0.1) is 11.3 Å². The highest BCUT2D eigenvalue weighted by Gasteiger charge is 2.12. The van der Waals surface area contributed by atoms with Gasteiger partial charge in [0.05, 0.1) is 16.7 Å². The first kappa shape index (κ1) is 14.3. The first-order valence-corrected chi connectivity index (χ1v) is 7.09. The van der Waals surface area contributed by atoms with Gasteiger partial charge in [0.2, 0.25) is 0 Å². The van der Waals surface area contributed by atoms with Gasteiger partial charge in [-0.2, -0.15) is 0 Å². The van der Waals surface area contributed by atoms with Gasteiger partial charge in [0.15, 0.2) is 0 Å². The lowest BCUT2D eigenvalue weighted by Gasteiger charge is -2.15. The van der Waals surface area contributed by atoms with Crippen LogP contribution in [0.1, 0.15) is 33.9 Å². The highest BCUT2D eigenvalue weighted by Crippen LogP contribution is 2.27. The fourth-order valence-electron chi connectivity index (χ4n) is 1.67. The standard InChI is InChI=1S/C15H15NO3S/c1-10(2)19-13-6-5-11(9-17)8-12(13)16-15(18)14-4-3-7-20-14/h3-10H,1-2H3,(H,16,18). The van der Waals surface area contributed by atoms with E-state index >= 15 is 0 Å². The van der Waals surface area contributed by atoms with Crippen molar-refractivity contribution in [3.8, 4) is 5.75 Å². The highest BCUT2D eigenvalue weighted by atomic mass is 32.1. The van der Waals surface area contributed by atoms with Gasteiger partial charge < -0.3 is 10.1 Å². The van der Waals surface area contributed by atoms with Crippen molar-refractivity contribution < 1.29 is 14.3 Å². The summed E-state index contributed by atoms with van der Waals surface area (Å²) in [6, 6.07) is 8.51. The number of hydrogen-bond donors (Lipinski definition) is 1. The minimum Gasteiger partial charge on any atom is -0.489 e. The molecule has 1 heterocycles. The van der Waals surface area contributed by atoms with E-state index in [9.17, 15) is 9.59 Å². The average molecular weight is 289 g/mol. The number of anilines is 1. The third-order valence-corrected chi connectivity index (χ3v) is 3.36. The van der Waals surface area contributed by atoms with Gasteiger partial charge in [0, 0.05) is 5.56 Å². The summed E-state index contributed by atoms with van der Waals surface area (Å²) < 4.78 is 5.64. The van der Waals surface area contributed by atoms with E-state index in [0.29, 0.717) is 21.9 Å². The summed E-state index contributed by atoms with van der Waals surface area (Å²) in [5.41, 5.74) is 0.990. The molecule has 5 heteroatoms. The van der Waals surface area contributed by atoms with Gasteiger partial charge in [-0.25, -0.2) is 0 Å². The summed E-state index contributed by atoms with van der Waals surface area (Å²) in [4.78, 5) is 23.5. The van der Waals surface area contributed by atoms with Crippen LogP contribution in [-0.2, 0) is 0 Å². The number of thiophene rings is 1. The molecule has 0 radical (unpaired) electrons. The molecule has 104 valence electrons.